The maximum Gasteiger partial charge on any atom is 0.246 e. The molecule has 0 aromatic carbocycles. The van der Waals surface area contributed by atoms with Crippen molar-refractivity contribution in [2.75, 3.05) is 19.6 Å². The molecule has 0 bridgehead atoms. The first-order valence-corrected chi connectivity index (χ1v) is 8.34. The molecule has 2 saturated heterocycles. The number of rotatable bonds is 4. The van der Waals surface area contributed by atoms with Gasteiger partial charge in [-0.05, 0) is 38.3 Å². The number of piperazine rings is 1. The van der Waals surface area contributed by atoms with Gasteiger partial charge in [0.15, 0.2) is 0 Å². The lowest BCUT2D eigenvalue weighted by molar-refractivity contribution is -0.155. The lowest BCUT2D eigenvalue weighted by Crippen LogP contribution is -2.68. The topological polar surface area (TPSA) is 52.7 Å². The Morgan fingerprint density at radius 2 is 2.00 bits per heavy atom. The van der Waals surface area contributed by atoms with E-state index in [9.17, 15) is 9.59 Å². The summed E-state index contributed by atoms with van der Waals surface area (Å²) in [4.78, 5) is 29.5. The standard InChI is InChI=1S/C16H29N3O2/c1-5-13-16(21)19(14(11(3)4)15(20)17-13)12-8-7-9-18(6-2)10-12/h11-14H,5-10H2,1-4H3,(H,17,20). The van der Waals surface area contributed by atoms with Gasteiger partial charge in [0.1, 0.15) is 12.1 Å². The molecule has 2 heterocycles. The van der Waals surface area contributed by atoms with E-state index in [0.29, 0.717) is 6.42 Å². The number of carbonyl (C=O) groups is 2. The zero-order valence-corrected chi connectivity index (χ0v) is 13.8. The monoisotopic (exact) mass is 295 g/mol. The zero-order valence-electron chi connectivity index (χ0n) is 13.8. The number of hydrogen-bond acceptors (Lipinski definition) is 3. The average molecular weight is 295 g/mol. The Bertz CT molecular complexity index is 397. The molecule has 2 aliphatic rings. The summed E-state index contributed by atoms with van der Waals surface area (Å²) in [5.41, 5.74) is 0. The molecule has 0 spiro atoms. The minimum Gasteiger partial charge on any atom is -0.343 e. The van der Waals surface area contributed by atoms with Gasteiger partial charge >= 0.3 is 0 Å². The molecule has 120 valence electrons. The van der Waals surface area contributed by atoms with Crippen LogP contribution in [0.4, 0.5) is 0 Å². The van der Waals surface area contributed by atoms with E-state index in [1.807, 2.05) is 25.7 Å². The second kappa shape index (κ2) is 6.77. The van der Waals surface area contributed by atoms with E-state index in [-0.39, 0.29) is 35.9 Å². The summed E-state index contributed by atoms with van der Waals surface area (Å²) >= 11 is 0. The van der Waals surface area contributed by atoms with E-state index < -0.39 is 0 Å². The Hall–Kier alpha value is -1.10. The van der Waals surface area contributed by atoms with Gasteiger partial charge in [-0.15, -0.1) is 0 Å². The molecule has 3 unspecified atom stereocenters. The van der Waals surface area contributed by atoms with Crippen LogP contribution in [0.15, 0.2) is 0 Å². The van der Waals surface area contributed by atoms with Crippen molar-refractivity contribution < 1.29 is 9.59 Å². The first kappa shape index (κ1) is 16.3. The quantitative estimate of drug-likeness (QED) is 0.849. The van der Waals surface area contributed by atoms with Gasteiger partial charge in [0.2, 0.25) is 11.8 Å². The van der Waals surface area contributed by atoms with Crippen LogP contribution in [-0.4, -0.2) is 59.4 Å². The molecule has 2 amide bonds. The summed E-state index contributed by atoms with van der Waals surface area (Å²) in [7, 11) is 0. The van der Waals surface area contributed by atoms with Crippen LogP contribution in [0.5, 0.6) is 0 Å². The van der Waals surface area contributed by atoms with Crippen LogP contribution in [0.1, 0.15) is 47.0 Å². The summed E-state index contributed by atoms with van der Waals surface area (Å²) in [6, 6.07) is -0.481. The molecule has 2 rings (SSSR count). The smallest absolute Gasteiger partial charge is 0.246 e. The van der Waals surface area contributed by atoms with E-state index in [4.69, 9.17) is 0 Å². The third kappa shape index (κ3) is 3.23. The van der Waals surface area contributed by atoms with Gasteiger partial charge in [0.25, 0.3) is 0 Å². The molecule has 3 atom stereocenters. The minimum absolute atomic E-state index is 0.0186. The highest BCUT2D eigenvalue weighted by atomic mass is 16.2. The van der Waals surface area contributed by atoms with E-state index in [1.165, 1.54) is 0 Å². The number of likely N-dealkylation sites (N-methyl/N-ethyl adjacent to an activating group) is 1. The van der Waals surface area contributed by atoms with Gasteiger partial charge in [0.05, 0.1) is 0 Å². The van der Waals surface area contributed by atoms with Crippen LogP contribution in [0, 0.1) is 5.92 Å². The molecule has 5 nitrogen and oxygen atoms in total. The van der Waals surface area contributed by atoms with E-state index >= 15 is 0 Å². The lowest BCUT2D eigenvalue weighted by Gasteiger charge is -2.47. The van der Waals surface area contributed by atoms with Crippen molar-refractivity contribution in [2.45, 2.75) is 65.1 Å². The first-order chi connectivity index (χ1) is 9.99. The van der Waals surface area contributed by atoms with Gasteiger partial charge in [-0.1, -0.05) is 27.7 Å². The van der Waals surface area contributed by atoms with Gasteiger partial charge in [-0.2, -0.15) is 0 Å². The molecule has 0 radical (unpaired) electrons. The van der Waals surface area contributed by atoms with Crippen LogP contribution in [0.3, 0.4) is 0 Å². The molecule has 5 heteroatoms. The predicted molar refractivity (Wildman–Crippen MR) is 82.8 cm³/mol. The number of likely N-dealkylation sites (tertiary alicyclic amines) is 1. The number of hydrogen-bond donors (Lipinski definition) is 1. The molecule has 0 saturated carbocycles. The highest BCUT2D eigenvalue weighted by Gasteiger charge is 2.45. The predicted octanol–water partition coefficient (Wildman–Crippen LogP) is 1.23. The Kier molecular flexibility index (Phi) is 5.25. The normalized spacial score (nSPS) is 31.7. The zero-order chi connectivity index (χ0) is 15.6. The van der Waals surface area contributed by atoms with Crippen LogP contribution in [0.25, 0.3) is 0 Å². The summed E-state index contributed by atoms with van der Waals surface area (Å²) < 4.78 is 0. The van der Waals surface area contributed by atoms with Gasteiger partial charge < -0.3 is 15.1 Å². The van der Waals surface area contributed by atoms with E-state index in [2.05, 4.69) is 17.1 Å². The molecule has 2 aliphatic heterocycles. The Balaban J connectivity index is 2.25. The van der Waals surface area contributed by atoms with Crippen molar-refractivity contribution in [2.24, 2.45) is 5.92 Å². The highest BCUT2D eigenvalue weighted by molar-refractivity contribution is 5.97. The van der Waals surface area contributed by atoms with E-state index in [1.54, 1.807) is 0 Å². The fourth-order valence-corrected chi connectivity index (χ4v) is 3.62. The SMILES string of the molecule is CCC1NC(=O)C(C(C)C)N(C2CCCN(CC)C2)C1=O. The van der Waals surface area contributed by atoms with Crippen LogP contribution < -0.4 is 5.32 Å². The summed E-state index contributed by atoms with van der Waals surface area (Å²) in [5.74, 6) is 0.271. The second-order valence-electron chi connectivity index (χ2n) is 6.59. The molecule has 1 N–H and O–H groups in total. The molecule has 2 fully saturated rings. The van der Waals surface area contributed by atoms with Crippen molar-refractivity contribution in [3.63, 3.8) is 0 Å². The molecule has 21 heavy (non-hydrogen) atoms. The molecule has 0 aromatic heterocycles. The lowest BCUT2D eigenvalue weighted by atomic mass is 9.92. The number of amides is 2. The fraction of sp³-hybridized carbons (Fsp3) is 0.875. The molecular formula is C16H29N3O2. The second-order valence-corrected chi connectivity index (χ2v) is 6.59. The summed E-state index contributed by atoms with van der Waals surface area (Å²) in [6.45, 7) is 11.2. The van der Waals surface area contributed by atoms with Crippen molar-refractivity contribution in [1.29, 1.82) is 0 Å². The first-order valence-electron chi connectivity index (χ1n) is 8.34. The molecular weight excluding hydrogens is 266 g/mol. The Labute approximate surface area is 128 Å². The minimum atomic E-state index is -0.343. The van der Waals surface area contributed by atoms with Gasteiger partial charge in [-0.3, -0.25) is 9.59 Å². The number of nitrogens with one attached hydrogen (secondary N) is 1. The third-order valence-corrected chi connectivity index (χ3v) is 4.80. The van der Waals surface area contributed by atoms with Crippen molar-refractivity contribution in [1.82, 2.24) is 15.1 Å². The number of carbonyl (C=O) groups excluding carboxylic acids is 2. The Morgan fingerprint density at radius 3 is 2.57 bits per heavy atom. The highest BCUT2D eigenvalue weighted by Crippen LogP contribution is 2.26. The van der Waals surface area contributed by atoms with Crippen LogP contribution >= 0.6 is 0 Å². The maximum absolute atomic E-state index is 12.8. The van der Waals surface area contributed by atoms with Gasteiger partial charge in [0, 0.05) is 12.6 Å². The number of piperidine rings is 1. The van der Waals surface area contributed by atoms with Crippen molar-refractivity contribution in [3.05, 3.63) is 0 Å². The number of nitrogens with zero attached hydrogens (tertiary/aromatic N) is 2. The fourth-order valence-electron chi connectivity index (χ4n) is 3.62. The summed E-state index contributed by atoms with van der Waals surface area (Å²) in [6.07, 6.45) is 2.77. The maximum atomic E-state index is 12.8. The Morgan fingerprint density at radius 1 is 1.29 bits per heavy atom. The average Bonchev–Trinajstić information content (AvgIpc) is 2.48. The molecule has 0 aromatic rings. The van der Waals surface area contributed by atoms with Crippen molar-refractivity contribution in [3.8, 4) is 0 Å². The van der Waals surface area contributed by atoms with Crippen molar-refractivity contribution >= 4 is 11.8 Å². The van der Waals surface area contributed by atoms with Gasteiger partial charge in [-0.25, -0.2) is 0 Å². The molecule has 0 aliphatic carbocycles. The van der Waals surface area contributed by atoms with Crippen LogP contribution in [0.2, 0.25) is 0 Å². The largest absolute Gasteiger partial charge is 0.343 e. The summed E-state index contributed by atoms with van der Waals surface area (Å²) in [5, 5.41) is 2.90. The third-order valence-electron chi connectivity index (χ3n) is 4.80. The van der Waals surface area contributed by atoms with Crippen LogP contribution in [-0.2, 0) is 9.59 Å². The van der Waals surface area contributed by atoms with E-state index in [0.717, 1.165) is 32.5 Å².